The number of carbonyl (C=O) groups excluding carboxylic acids is 2. The smallest absolute Gasteiger partial charge is 0.310 e. The molecule has 13 heavy (non-hydrogen) atoms. The Balaban J connectivity index is 3.82. The third kappa shape index (κ3) is 5.80. The lowest BCUT2D eigenvalue weighted by Crippen LogP contribution is -2.33. The van der Waals surface area contributed by atoms with E-state index in [2.05, 4.69) is 0 Å². The van der Waals surface area contributed by atoms with Crippen molar-refractivity contribution in [2.75, 3.05) is 0 Å². The second-order valence-corrected chi connectivity index (χ2v) is 2.65. The lowest BCUT2D eigenvalue weighted by Gasteiger charge is -2.06. The fraction of sp³-hybridized carbons (Fsp3) is 0.571. The first-order valence-corrected chi connectivity index (χ1v) is 3.72. The van der Waals surface area contributed by atoms with Gasteiger partial charge in [-0.3, -0.25) is 14.4 Å². The summed E-state index contributed by atoms with van der Waals surface area (Å²) in [5.74, 6) is -2.37. The van der Waals surface area contributed by atoms with Crippen LogP contribution in [0.3, 0.4) is 0 Å². The molecule has 74 valence electrons. The normalized spacial score (nSPS) is 12.1. The summed E-state index contributed by atoms with van der Waals surface area (Å²) >= 11 is 0. The van der Waals surface area contributed by atoms with E-state index in [-0.39, 0.29) is 12.8 Å². The quantitative estimate of drug-likeness (QED) is 0.443. The van der Waals surface area contributed by atoms with Crippen LogP contribution in [0.2, 0.25) is 0 Å². The number of hydrogen-bond acceptors (Lipinski definition) is 4. The monoisotopic (exact) mass is 188 g/mol. The van der Waals surface area contributed by atoms with Crippen LogP contribution in [0.5, 0.6) is 0 Å². The molecule has 0 saturated carbocycles. The summed E-state index contributed by atoms with van der Waals surface area (Å²) in [6.07, 6.45) is -0.520. The average molecular weight is 188 g/mol. The first-order chi connectivity index (χ1) is 5.93. The first kappa shape index (κ1) is 11.6. The van der Waals surface area contributed by atoms with Gasteiger partial charge in [0, 0.05) is 6.42 Å². The van der Waals surface area contributed by atoms with Crippen molar-refractivity contribution in [1.82, 2.24) is 0 Å². The third-order valence-corrected chi connectivity index (χ3v) is 1.44. The molecule has 0 aromatic rings. The van der Waals surface area contributed by atoms with E-state index in [4.69, 9.17) is 16.6 Å². The van der Waals surface area contributed by atoms with Crippen LogP contribution in [0.4, 0.5) is 0 Å². The number of carboxylic acids is 1. The van der Waals surface area contributed by atoms with Crippen LogP contribution in [0.15, 0.2) is 0 Å². The molecule has 0 saturated heterocycles. The number of primary amides is 1. The number of nitrogens with two attached hydrogens (primary N) is 2. The number of rotatable bonds is 6. The molecule has 0 rings (SSSR count). The van der Waals surface area contributed by atoms with Crippen LogP contribution >= 0.6 is 0 Å². The van der Waals surface area contributed by atoms with Crippen molar-refractivity contribution in [1.29, 1.82) is 0 Å². The minimum Gasteiger partial charge on any atom is -0.481 e. The van der Waals surface area contributed by atoms with Gasteiger partial charge in [0.15, 0.2) is 5.78 Å². The van der Waals surface area contributed by atoms with Crippen LogP contribution in [0.25, 0.3) is 0 Å². The number of aliphatic carboxylic acids is 1. The molecule has 0 aliphatic heterocycles. The van der Waals surface area contributed by atoms with Crippen molar-refractivity contribution in [3.63, 3.8) is 0 Å². The fourth-order valence-electron chi connectivity index (χ4n) is 0.739. The van der Waals surface area contributed by atoms with Crippen molar-refractivity contribution >= 4 is 17.7 Å². The zero-order valence-corrected chi connectivity index (χ0v) is 7.03. The largest absolute Gasteiger partial charge is 0.481 e. The van der Waals surface area contributed by atoms with E-state index in [1.165, 1.54) is 0 Å². The predicted octanol–water partition coefficient (Wildman–Crippen LogP) is -1.38. The van der Waals surface area contributed by atoms with Crippen molar-refractivity contribution in [3.05, 3.63) is 0 Å². The molecule has 0 aliphatic carbocycles. The zero-order chi connectivity index (χ0) is 10.4. The highest BCUT2D eigenvalue weighted by atomic mass is 16.4. The van der Waals surface area contributed by atoms with Gasteiger partial charge in [-0.25, -0.2) is 0 Å². The van der Waals surface area contributed by atoms with Crippen LogP contribution in [0, 0.1) is 0 Å². The summed E-state index contributed by atoms with van der Waals surface area (Å²) in [5, 5.41) is 8.24. The number of carboxylic acid groups (broad SMARTS) is 1. The molecule has 0 unspecified atom stereocenters. The molecule has 6 nitrogen and oxygen atoms in total. The summed E-state index contributed by atoms with van der Waals surface area (Å²) in [4.78, 5) is 31.3. The summed E-state index contributed by atoms with van der Waals surface area (Å²) in [5.41, 5.74) is 10.1. The molecule has 0 spiro atoms. The highest BCUT2D eigenvalue weighted by molar-refractivity contribution is 5.97. The molecule has 0 aromatic carbocycles. The minimum atomic E-state index is -1.22. The third-order valence-electron chi connectivity index (χ3n) is 1.44. The maximum absolute atomic E-state index is 10.9. The van der Waals surface area contributed by atoms with Gasteiger partial charge in [-0.15, -0.1) is 0 Å². The van der Waals surface area contributed by atoms with E-state index in [9.17, 15) is 14.4 Å². The van der Waals surface area contributed by atoms with Gasteiger partial charge in [0.05, 0.1) is 6.04 Å². The summed E-state index contributed by atoms with van der Waals surface area (Å²) in [6.45, 7) is 0. The molecule has 0 heterocycles. The molecule has 0 radical (unpaired) electrons. The second-order valence-electron chi connectivity index (χ2n) is 2.65. The van der Waals surface area contributed by atoms with Gasteiger partial charge in [-0.1, -0.05) is 0 Å². The van der Waals surface area contributed by atoms with Gasteiger partial charge >= 0.3 is 5.97 Å². The Labute approximate surface area is 74.9 Å². The van der Waals surface area contributed by atoms with Crippen LogP contribution < -0.4 is 11.5 Å². The van der Waals surface area contributed by atoms with E-state index in [0.29, 0.717) is 0 Å². The summed E-state index contributed by atoms with van der Waals surface area (Å²) in [6, 6.07) is -0.913. The van der Waals surface area contributed by atoms with E-state index in [1.54, 1.807) is 0 Å². The van der Waals surface area contributed by atoms with Gasteiger partial charge < -0.3 is 16.6 Å². The standard InChI is InChI=1S/C7H12N2O4/c8-4(1-2-6(9)11)5(10)3-7(12)13/h4H,1-3,8H2,(H2,9,11)(H,12,13)/t4-/m0/s1. The molecular weight excluding hydrogens is 176 g/mol. The van der Waals surface area contributed by atoms with Gasteiger partial charge in [0.25, 0.3) is 0 Å². The van der Waals surface area contributed by atoms with E-state index in [0.717, 1.165) is 0 Å². The second kappa shape index (κ2) is 5.26. The number of Topliss-reactive ketones (excluding diaryl/α,β-unsaturated/α-hetero) is 1. The SMILES string of the molecule is NC(=O)CC[C@H](N)C(=O)CC(=O)O. The molecule has 5 N–H and O–H groups in total. The van der Waals surface area contributed by atoms with Crippen molar-refractivity contribution < 1.29 is 19.5 Å². The highest BCUT2D eigenvalue weighted by Crippen LogP contribution is 1.98. The maximum Gasteiger partial charge on any atom is 0.310 e. The molecule has 0 aromatic heterocycles. The summed E-state index contributed by atoms with van der Waals surface area (Å²) in [7, 11) is 0. The van der Waals surface area contributed by atoms with Crippen molar-refractivity contribution in [3.8, 4) is 0 Å². The number of amides is 1. The Morgan fingerprint density at radius 3 is 2.23 bits per heavy atom. The molecular formula is C7H12N2O4. The lowest BCUT2D eigenvalue weighted by molar-refractivity contribution is -0.140. The van der Waals surface area contributed by atoms with E-state index < -0.39 is 30.1 Å². The zero-order valence-electron chi connectivity index (χ0n) is 7.03. The molecule has 0 fully saturated rings. The number of hydrogen-bond donors (Lipinski definition) is 3. The predicted molar refractivity (Wildman–Crippen MR) is 43.7 cm³/mol. The number of carbonyl (C=O) groups is 3. The van der Waals surface area contributed by atoms with Crippen LogP contribution in [-0.4, -0.2) is 28.8 Å². The Hall–Kier alpha value is -1.43. The Kier molecular flexibility index (Phi) is 4.68. The van der Waals surface area contributed by atoms with Crippen LogP contribution in [-0.2, 0) is 14.4 Å². The highest BCUT2D eigenvalue weighted by Gasteiger charge is 2.16. The van der Waals surface area contributed by atoms with Gasteiger partial charge in [0.1, 0.15) is 6.42 Å². The number of ketones is 1. The van der Waals surface area contributed by atoms with Crippen molar-refractivity contribution in [2.45, 2.75) is 25.3 Å². The van der Waals surface area contributed by atoms with Gasteiger partial charge in [0.2, 0.25) is 5.91 Å². The van der Waals surface area contributed by atoms with E-state index in [1.807, 2.05) is 0 Å². The van der Waals surface area contributed by atoms with Gasteiger partial charge in [-0.2, -0.15) is 0 Å². The minimum absolute atomic E-state index is 0.00741. The average Bonchev–Trinajstić information content (AvgIpc) is 1.98. The fourth-order valence-corrected chi connectivity index (χ4v) is 0.739. The molecule has 0 aliphatic rings. The molecule has 6 heteroatoms. The molecule has 1 amide bonds. The lowest BCUT2D eigenvalue weighted by atomic mass is 10.1. The van der Waals surface area contributed by atoms with Crippen molar-refractivity contribution in [2.24, 2.45) is 11.5 Å². The first-order valence-electron chi connectivity index (χ1n) is 3.72. The molecule has 0 bridgehead atoms. The topological polar surface area (TPSA) is 123 Å². The Bertz CT molecular complexity index is 227. The molecule has 1 atom stereocenters. The maximum atomic E-state index is 10.9. The van der Waals surface area contributed by atoms with E-state index >= 15 is 0 Å². The summed E-state index contributed by atoms with van der Waals surface area (Å²) < 4.78 is 0. The van der Waals surface area contributed by atoms with Crippen LogP contribution in [0.1, 0.15) is 19.3 Å². The Morgan fingerprint density at radius 1 is 1.31 bits per heavy atom. The van der Waals surface area contributed by atoms with Gasteiger partial charge in [-0.05, 0) is 6.42 Å². The Morgan fingerprint density at radius 2 is 1.85 bits per heavy atom.